The molecule has 0 spiro atoms. The SMILES string of the molecule is COc1ccc(/C=C/c2nc(=O)c(-c3ccccc3)c(C)o2)cc1. The molecule has 0 aliphatic carbocycles. The maximum Gasteiger partial charge on any atom is 0.284 e. The van der Waals surface area contributed by atoms with Gasteiger partial charge in [-0.1, -0.05) is 42.5 Å². The number of aryl methyl sites for hydroxylation is 1. The highest BCUT2D eigenvalue weighted by atomic mass is 16.5. The molecule has 3 aromatic rings. The Morgan fingerprint density at radius 1 is 1.00 bits per heavy atom. The zero-order valence-electron chi connectivity index (χ0n) is 13.5. The number of hydrogen-bond acceptors (Lipinski definition) is 4. The molecule has 1 aromatic heterocycles. The summed E-state index contributed by atoms with van der Waals surface area (Å²) in [4.78, 5) is 16.4. The van der Waals surface area contributed by atoms with Gasteiger partial charge in [-0.25, -0.2) is 0 Å². The first kappa shape index (κ1) is 15.7. The van der Waals surface area contributed by atoms with E-state index >= 15 is 0 Å². The highest BCUT2D eigenvalue weighted by Crippen LogP contribution is 2.20. The number of hydrogen-bond donors (Lipinski definition) is 0. The Morgan fingerprint density at radius 2 is 1.71 bits per heavy atom. The van der Waals surface area contributed by atoms with Crippen LogP contribution < -0.4 is 10.3 Å². The second kappa shape index (κ2) is 6.96. The molecule has 4 nitrogen and oxygen atoms in total. The molecule has 24 heavy (non-hydrogen) atoms. The van der Waals surface area contributed by atoms with Crippen LogP contribution in [0.1, 0.15) is 17.2 Å². The second-order valence-electron chi connectivity index (χ2n) is 5.26. The number of methoxy groups -OCH3 is 1. The molecule has 0 N–H and O–H groups in total. The van der Waals surface area contributed by atoms with Gasteiger partial charge in [0.15, 0.2) is 0 Å². The number of aromatic nitrogens is 1. The minimum atomic E-state index is -0.292. The molecule has 0 radical (unpaired) electrons. The highest BCUT2D eigenvalue weighted by molar-refractivity contribution is 5.68. The van der Waals surface area contributed by atoms with Crippen LogP contribution in [-0.4, -0.2) is 12.1 Å². The minimum Gasteiger partial charge on any atom is -0.497 e. The van der Waals surface area contributed by atoms with E-state index in [1.165, 1.54) is 0 Å². The summed E-state index contributed by atoms with van der Waals surface area (Å²) in [5.74, 6) is 1.63. The fourth-order valence-electron chi connectivity index (χ4n) is 2.42. The van der Waals surface area contributed by atoms with Gasteiger partial charge >= 0.3 is 0 Å². The lowest BCUT2D eigenvalue weighted by atomic mass is 10.1. The van der Waals surface area contributed by atoms with Gasteiger partial charge in [-0.2, -0.15) is 4.98 Å². The predicted octanol–water partition coefficient (Wildman–Crippen LogP) is 4.19. The molecule has 4 heteroatoms. The van der Waals surface area contributed by atoms with E-state index in [0.29, 0.717) is 11.3 Å². The maximum atomic E-state index is 12.3. The summed E-state index contributed by atoms with van der Waals surface area (Å²) in [5.41, 5.74) is 1.98. The summed E-state index contributed by atoms with van der Waals surface area (Å²) in [6.07, 6.45) is 3.53. The number of nitrogens with zero attached hydrogens (tertiary/aromatic N) is 1. The van der Waals surface area contributed by atoms with Crippen molar-refractivity contribution in [3.8, 4) is 16.9 Å². The zero-order chi connectivity index (χ0) is 16.9. The van der Waals surface area contributed by atoms with Gasteiger partial charge in [0.25, 0.3) is 5.56 Å². The summed E-state index contributed by atoms with van der Waals surface area (Å²) < 4.78 is 10.8. The van der Waals surface area contributed by atoms with Gasteiger partial charge in [0.05, 0.1) is 12.7 Å². The van der Waals surface area contributed by atoms with Crippen molar-refractivity contribution in [1.82, 2.24) is 4.98 Å². The monoisotopic (exact) mass is 319 g/mol. The van der Waals surface area contributed by atoms with Crippen LogP contribution in [0.5, 0.6) is 5.75 Å². The van der Waals surface area contributed by atoms with Gasteiger partial charge in [-0.05, 0) is 36.3 Å². The first-order chi connectivity index (χ1) is 11.7. The molecule has 0 atom stereocenters. The van der Waals surface area contributed by atoms with Crippen LogP contribution >= 0.6 is 0 Å². The van der Waals surface area contributed by atoms with Crippen LogP contribution in [0.4, 0.5) is 0 Å². The third-order valence-electron chi connectivity index (χ3n) is 3.63. The van der Waals surface area contributed by atoms with Crippen molar-refractivity contribution >= 4 is 12.2 Å². The van der Waals surface area contributed by atoms with Gasteiger partial charge in [-0.15, -0.1) is 0 Å². The Hall–Kier alpha value is -3.14. The first-order valence-electron chi connectivity index (χ1n) is 7.56. The molecule has 0 bridgehead atoms. The Bertz CT molecular complexity index is 910. The summed E-state index contributed by atoms with van der Waals surface area (Å²) >= 11 is 0. The molecular formula is C20H17NO3. The number of benzene rings is 2. The summed E-state index contributed by atoms with van der Waals surface area (Å²) in [5, 5.41) is 0. The van der Waals surface area contributed by atoms with Crippen LogP contribution in [0.2, 0.25) is 0 Å². The van der Waals surface area contributed by atoms with Gasteiger partial charge in [0.1, 0.15) is 11.5 Å². The van der Waals surface area contributed by atoms with Crippen molar-refractivity contribution in [3.05, 3.63) is 82.2 Å². The van der Waals surface area contributed by atoms with E-state index < -0.39 is 0 Å². The summed E-state index contributed by atoms with van der Waals surface area (Å²) in [7, 11) is 1.63. The lowest BCUT2D eigenvalue weighted by Gasteiger charge is -2.04. The van der Waals surface area contributed by atoms with Crippen LogP contribution in [-0.2, 0) is 0 Å². The molecule has 0 aliphatic heterocycles. The Labute approximate surface area is 140 Å². The second-order valence-corrected chi connectivity index (χ2v) is 5.26. The largest absolute Gasteiger partial charge is 0.497 e. The average molecular weight is 319 g/mol. The van der Waals surface area contributed by atoms with Gasteiger partial charge in [0.2, 0.25) is 5.89 Å². The van der Waals surface area contributed by atoms with Gasteiger partial charge in [0, 0.05) is 6.08 Å². The first-order valence-corrected chi connectivity index (χ1v) is 7.56. The number of ether oxygens (including phenoxy) is 1. The normalized spacial score (nSPS) is 10.9. The van der Waals surface area contributed by atoms with Crippen molar-refractivity contribution in [1.29, 1.82) is 0 Å². The summed E-state index contributed by atoms with van der Waals surface area (Å²) in [6, 6.07) is 17.0. The van der Waals surface area contributed by atoms with E-state index in [9.17, 15) is 4.79 Å². The Kier molecular flexibility index (Phi) is 4.57. The van der Waals surface area contributed by atoms with Crippen molar-refractivity contribution in [2.45, 2.75) is 6.92 Å². The fourth-order valence-corrected chi connectivity index (χ4v) is 2.42. The van der Waals surface area contributed by atoms with Crippen LogP contribution in [0.25, 0.3) is 23.3 Å². The molecule has 0 saturated heterocycles. The van der Waals surface area contributed by atoms with E-state index in [0.717, 1.165) is 16.9 Å². The third kappa shape index (κ3) is 3.43. The van der Waals surface area contributed by atoms with Crippen molar-refractivity contribution in [2.24, 2.45) is 0 Å². The van der Waals surface area contributed by atoms with E-state index in [-0.39, 0.29) is 11.4 Å². The highest BCUT2D eigenvalue weighted by Gasteiger charge is 2.11. The fraction of sp³-hybridized carbons (Fsp3) is 0.100. The van der Waals surface area contributed by atoms with Crippen molar-refractivity contribution in [3.63, 3.8) is 0 Å². The van der Waals surface area contributed by atoms with Gasteiger partial charge in [-0.3, -0.25) is 4.79 Å². The topological polar surface area (TPSA) is 52.3 Å². The number of rotatable bonds is 4. The molecule has 0 fully saturated rings. The van der Waals surface area contributed by atoms with Crippen molar-refractivity contribution < 1.29 is 9.15 Å². The zero-order valence-corrected chi connectivity index (χ0v) is 13.5. The third-order valence-corrected chi connectivity index (χ3v) is 3.63. The maximum absolute atomic E-state index is 12.3. The van der Waals surface area contributed by atoms with Crippen LogP contribution in [0.3, 0.4) is 0 Å². The smallest absolute Gasteiger partial charge is 0.284 e. The minimum absolute atomic E-state index is 0.285. The standard InChI is InChI=1S/C20H17NO3/c1-14-19(16-6-4-3-5-7-16)20(22)21-18(24-14)13-10-15-8-11-17(23-2)12-9-15/h3-13H,1-2H3/b13-10+. The molecule has 120 valence electrons. The Balaban J connectivity index is 1.90. The summed E-state index contributed by atoms with van der Waals surface area (Å²) in [6.45, 7) is 1.77. The van der Waals surface area contributed by atoms with Crippen LogP contribution in [0, 0.1) is 6.92 Å². The lowest BCUT2D eigenvalue weighted by molar-refractivity contribution is 0.415. The van der Waals surface area contributed by atoms with E-state index in [1.807, 2.05) is 60.7 Å². The molecule has 2 aromatic carbocycles. The predicted molar refractivity (Wildman–Crippen MR) is 94.9 cm³/mol. The quantitative estimate of drug-likeness (QED) is 0.723. The molecule has 0 aliphatic rings. The molecule has 3 rings (SSSR count). The molecular weight excluding hydrogens is 302 g/mol. The van der Waals surface area contributed by atoms with Crippen LogP contribution in [0.15, 0.2) is 63.8 Å². The van der Waals surface area contributed by atoms with Gasteiger partial charge < -0.3 is 9.15 Å². The molecule has 0 unspecified atom stereocenters. The Morgan fingerprint density at radius 3 is 2.33 bits per heavy atom. The lowest BCUT2D eigenvalue weighted by Crippen LogP contribution is -2.11. The molecule has 0 saturated carbocycles. The molecule has 1 heterocycles. The molecule has 0 amide bonds. The van der Waals surface area contributed by atoms with E-state index in [4.69, 9.17) is 9.15 Å². The van der Waals surface area contributed by atoms with E-state index in [1.54, 1.807) is 20.1 Å². The average Bonchev–Trinajstić information content (AvgIpc) is 2.61. The van der Waals surface area contributed by atoms with E-state index in [2.05, 4.69) is 4.98 Å². The van der Waals surface area contributed by atoms with Crippen molar-refractivity contribution in [2.75, 3.05) is 7.11 Å².